The Hall–Kier alpha value is -2.36. The van der Waals surface area contributed by atoms with E-state index >= 15 is 0 Å². The SMILES string of the molecule is C.COC1C(C(=O)NNC(C)=O)OC(OC2C(CO)OC(C)C(NS(=O)(=O)O)C2O)C(OS(=O)(=O)O)C1O.COC1C(C(=O)O)OC(OC2C(COSO)OC(C)C(NS(=O)(=O)O)C2O)C(OS(=O)(=O)O)C1O. The zero-order valence-electron chi connectivity index (χ0n) is 37.4. The molecule has 2 amide bonds. The van der Waals surface area contributed by atoms with Crippen molar-refractivity contribution in [1.29, 1.82) is 0 Å². The molecule has 0 spiro atoms. The van der Waals surface area contributed by atoms with E-state index in [1.54, 1.807) is 9.44 Å². The molecule has 20 unspecified atom stereocenters. The first kappa shape index (κ1) is 66.8. The van der Waals surface area contributed by atoms with Gasteiger partial charge < -0.3 is 73.1 Å². The zero-order chi connectivity index (χ0) is 55.0. The second kappa shape index (κ2) is 27.8. The van der Waals surface area contributed by atoms with Crippen molar-refractivity contribution in [2.45, 2.75) is 151 Å². The van der Waals surface area contributed by atoms with Crippen molar-refractivity contribution >= 4 is 71.5 Å². The van der Waals surface area contributed by atoms with Gasteiger partial charge in [-0.2, -0.15) is 43.1 Å². The number of carboxylic acid groups (broad SMARTS) is 1. The van der Waals surface area contributed by atoms with Crippen LogP contribution < -0.4 is 20.3 Å². The number of amides is 2. The molecule has 37 nitrogen and oxygen atoms in total. The molecule has 73 heavy (non-hydrogen) atoms. The highest BCUT2D eigenvalue weighted by molar-refractivity contribution is 7.88. The molecular weight excluding hydrogens is 1120 g/mol. The molecular formula is C31H58N4O33S5. The molecule has 20 atom stereocenters. The number of nitrogens with one attached hydrogen (secondary N) is 4. The Balaban J connectivity index is 0.000000494. The summed E-state index contributed by atoms with van der Waals surface area (Å²) < 4.78 is 196. The number of ether oxygens (including phenoxy) is 8. The van der Waals surface area contributed by atoms with Gasteiger partial charge in [0.1, 0.15) is 61.0 Å². The van der Waals surface area contributed by atoms with Gasteiger partial charge >= 0.3 is 47.4 Å². The van der Waals surface area contributed by atoms with Crippen LogP contribution in [-0.2, 0) is 106 Å². The van der Waals surface area contributed by atoms with Crippen LogP contribution in [0.4, 0.5) is 0 Å². The lowest BCUT2D eigenvalue weighted by Crippen LogP contribution is -2.68. The van der Waals surface area contributed by atoms with E-state index in [0.29, 0.717) is 0 Å². The Bertz CT molecular complexity index is 2270. The predicted octanol–water partition coefficient (Wildman–Crippen LogP) is -7.84. The van der Waals surface area contributed by atoms with Crippen LogP contribution in [0.5, 0.6) is 0 Å². The fourth-order valence-corrected chi connectivity index (χ4v) is 10.0. The lowest BCUT2D eigenvalue weighted by molar-refractivity contribution is -0.327. The van der Waals surface area contributed by atoms with Gasteiger partial charge in [0.15, 0.2) is 49.3 Å². The number of hydrogen-bond donors (Lipinski definition) is 15. The molecule has 0 bridgehead atoms. The molecule has 4 aliphatic heterocycles. The third-order valence-electron chi connectivity index (χ3n) is 10.5. The minimum atomic E-state index is -5.30. The van der Waals surface area contributed by atoms with Crippen molar-refractivity contribution in [1.82, 2.24) is 20.3 Å². The number of carboxylic acids is 1. The summed E-state index contributed by atoms with van der Waals surface area (Å²) in [5.41, 5.74) is 3.91. The fourth-order valence-electron chi connectivity index (χ4n) is 7.49. The Morgan fingerprint density at radius 2 is 1.00 bits per heavy atom. The van der Waals surface area contributed by atoms with Gasteiger partial charge in [-0.15, -0.1) is 0 Å². The van der Waals surface area contributed by atoms with Crippen LogP contribution in [0, 0.1) is 0 Å². The van der Waals surface area contributed by atoms with Gasteiger partial charge in [0.25, 0.3) is 5.91 Å². The number of methoxy groups -OCH3 is 2. The molecule has 42 heteroatoms. The van der Waals surface area contributed by atoms with E-state index < -0.39 is 195 Å². The Morgan fingerprint density at radius 1 is 0.603 bits per heavy atom. The Labute approximate surface area is 420 Å². The molecule has 0 saturated carbocycles. The first-order chi connectivity index (χ1) is 33.1. The summed E-state index contributed by atoms with van der Waals surface area (Å²) in [5, 5.41) is 61.9. The lowest BCUT2D eigenvalue weighted by atomic mass is 9.93. The molecule has 4 saturated heterocycles. The van der Waals surface area contributed by atoms with E-state index in [0.717, 1.165) is 21.1 Å². The molecule has 15 N–H and O–H groups in total. The summed E-state index contributed by atoms with van der Waals surface area (Å²) in [4.78, 5) is 35.3. The van der Waals surface area contributed by atoms with Crippen LogP contribution in [0.15, 0.2) is 0 Å². The standard InChI is InChI=1S/C16H29N3O16S2.C14H25NO17S3.CH4/c1-5-8(19-36(25,26)27)9(22)11(7(4-20)32-5)33-16-13(35-37(28,29)30)10(23)12(31-3)14(34-16)15(24)18-17-6(2)21;1-4-6(15-34(21,22)23)7(16)9(5(29-4)3-28-33-20)30-14-11(32-35(24,25)26)8(17)10(27-2)12(31-14)13(18)19;/h5,7-14,16,19-20,22-23H,4H2,1-3H3,(H,17,21)(H,18,24)(H,25,26,27)(H,28,29,30);4-12,14-17,20H,3H2,1-2H3,(H,18,19)(H,21,22,23)(H,24,25,26);1H4. The van der Waals surface area contributed by atoms with Crippen LogP contribution in [0.2, 0.25) is 0 Å². The van der Waals surface area contributed by atoms with Crippen LogP contribution in [0.25, 0.3) is 0 Å². The molecule has 4 heterocycles. The number of rotatable bonds is 20. The maximum Gasteiger partial charge on any atom is 0.397 e. The monoisotopic (exact) mass is 1170 g/mol. The summed E-state index contributed by atoms with van der Waals surface area (Å²) in [5.74, 6) is -3.48. The Morgan fingerprint density at radius 3 is 1.36 bits per heavy atom. The third kappa shape index (κ3) is 19.3. The average molecular weight is 1180 g/mol. The van der Waals surface area contributed by atoms with E-state index in [9.17, 15) is 83.2 Å². The Kier molecular flexibility index (Phi) is 25.4. The van der Waals surface area contributed by atoms with E-state index in [4.69, 9.17) is 60.3 Å². The molecule has 4 rings (SSSR count). The number of carbonyl (C=O) groups is 3. The minimum Gasteiger partial charge on any atom is -0.479 e. The maximum atomic E-state index is 12.6. The molecule has 0 aromatic heterocycles. The van der Waals surface area contributed by atoms with Crippen molar-refractivity contribution in [2.75, 3.05) is 27.4 Å². The average Bonchev–Trinajstić information content (AvgIpc) is 3.24. The smallest absolute Gasteiger partial charge is 0.397 e. The summed E-state index contributed by atoms with van der Waals surface area (Å²) in [6, 6.07) is -3.13. The van der Waals surface area contributed by atoms with Crippen LogP contribution in [-0.4, -0.2) is 255 Å². The highest BCUT2D eigenvalue weighted by atomic mass is 32.3. The van der Waals surface area contributed by atoms with Gasteiger partial charge in [0.2, 0.25) is 5.91 Å². The minimum absolute atomic E-state index is 0. The van der Waals surface area contributed by atoms with Crippen LogP contribution in [0.3, 0.4) is 0 Å². The summed E-state index contributed by atoms with van der Waals surface area (Å²) in [6.45, 7) is 2.30. The van der Waals surface area contributed by atoms with Crippen LogP contribution >= 0.6 is 12.3 Å². The lowest BCUT2D eigenvalue weighted by Gasteiger charge is -2.47. The molecule has 430 valence electrons. The second-order valence-electron chi connectivity index (χ2n) is 15.4. The topological polar surface area (TPSA) is 560 Å². The zero-order valence-corrected chi connectivity index (χ0v) is 41.5. The van der Waals surface area contributed by atoms with Gasteiger partial charge in [-0.3, -0.25) is 42.8 Å². The van der Waals surface area contributed by atoms with Crippen molar-refractivity contribution < 1.29 is 152 Å². The van der Waals surface area contributed by atoms with Crippen molar-refractivity contribution in [2.24, 2.45) is 0 Å². The normalized spacial score (nSPS) is 37.4. The van der Waals surface area contributed by atoms with E-state index in [2.05, 4.69) is 8.37 Å². The summed E-state index contributed by atoms with van der Waals surface area (Å²) in [7, 11) is -18.4. The number of hydrogen-bond acceptors (Lipinski definition) is 29. The summed E-state index contributed by atoms with van der Waals surface area (Å²) in [6.07, 6.45) is -32.2. The predicted molar refractivity (Wildman–Crippen MR) is 231 cm³/mol. The van der Waals surface area contributed by atoms with E-state index in [-0.39, 0.29) is 19.8 Å². The first-order valence-corrected chi connectivity index (χ1v) is 26.2. The van der Waals surface area contributed by atoms with Crippen molar-refractivity contribution in [3.05, 3.63) is 0 Å². The molecule has 0 aromatic rings. The number of hydrazine groups is 1. The third-order valence-corrected chi connectivity index (χ3v) is 12.8. The maximum absolute atomic E-state index is 12.6. The molecule has 0 aromatic carbocycles. The highest BCUT2D eigenvalue weighted by Gasteiger charge is 2.57. The quantitative estimate of drug-likeness (QED) is 0.0306. The van der Waals surface area contributed by atoms with Crippen molar-refractivity contribution in [3.63, 3.8) is 0 Å². The molecule has 4 fully saturated rings. The van der Waals surface area contributed by atoms with Gasteiger partial charge in [0, 0.05) is 21.1 Å². The molecule has 0 radical (unpaired) electrons. The fraction of sp³-hybridized carbons (Fsp3) is 0.903. The van der Waals surface area contributed by atoms with E-state index in [1.807, 2.05) is 10.9 Å². The van der Waals surface area contributed by atoms with Gasteiger partial charge in [0.05, 0.1) is 37.5 Å². The van der Waals surface area contributed by atoms with Crippen LogP contribution in [0.1, 0.15) is 28.2 Å². The highest BCUT2D eigenvalue weighted by Crippen LogP contribution is 2.34. The summed E-state index contributed by atoms with van der Waals surface area (Å²) >= 11 is -0.0982. The largest absolute Gasteiger partial charge is 0.479 e. The number of aliphatic hydroxyl groups is 5. The molecule has 4 aliphatic rings. The van der Waals surface area contributed by atoms with Gasteiger partial charge in [-0.25, -0.2) is 13.2 Å². The van der Waals surface area contributed by atoms with Gasteiger partial charge in [-0.05, 0) is 13.8 Å². The molecule has 0 aliphatic carbocycles. The number of carbonyl (C=O) groups excluding carboxylic acids is 2. The number of aliphatic carboxylic acids is 1. The van der Waals surface area contributed by atoms with Gasteiger partial charge in [-0.1, -0.05) is 7.43 Å². The second-order valence-corrected chi connectivity index (χ2v) is 20.3. The van der Waals surface area contributed by atoms with Crippen molar-refractivity contribution in [3.8, 4) is 0 Å². The van der Waals surface area contributed by atoms with E-state index in [1.165, 1.54) is 13.8 Å². The number of aliphatic hydroxyl groups excluding tert-OH is 5. The first-order valence-electron chi connectivity index (χ1n) is 19.9.